The lowest BCUT2D eigenvalue weighted by Gasteiger charge is -2.16. The average Bonchev–Trinajstić information content (AvgIpc) is 2.61. The minimum absolute atomic E-state index is 0.309. The third kappa shape index (κ3) is 1.78. The molecule has 0 spiro atoms. The number of hydrogen-bond acceptors (Lipinski definition) is 2. The number of aryl methyl sites for hydroxylation is 1. The van der Waals surface area contributed by atoms with Crippen LogP contribution in [0.3, 0.4) is 0 Å². The third-order valence-corrected chi connectivity index (χ3v) is 2.85. The molecular formula is C12H13NO3. The second kappa shape index (κ2) is 3.96. The van der Waals surface area contributed by atoms with Crippen molar-refractivity contribution >= 4 is 17.6 Å². The normalized spacial score (nSPS) is 20.2. The second-order valence-electron chi connectivity index (χ2n) is 4.00. The van der Waals surface area contributed by atoms with Crippen molar-refractivity contribution in [2.45, 2.75) is 13.3 Å². The van der Waals surface area contributed by atoms with Crippen LogP contribution in [0.25, 0.3) is 0 Å². The minimum Gasteiger partial charge on any atom is -0.481 e. The van der Waals surface area contributed by atoms with E-state index in [0.717, 1.165) is 11.3 Å². The Hall–Kier alpha value is -1.84. The number of carbonyl (C=O) groups excluding carboxylic acids is 1. The summed E-state index contributed by atoms with van der Waals surface area (Å²) in [5.41, 5.74) is 1.89. The number of hydrogen-bond donors (Lipinski definition) is 1. The van der Waals surface area contributed by atoms with E-state index in [1.165, 1.54) is 4.90 Å². The fraction of sp³-hybridized carbons (Fsp3) is 0.333. The lowest BCUT2D eigenvalue weighted by Crippen LogP contribution is -2.30. The lowest BCUT2D eigenvalue weighted by atomic mass is 10.1. The van der Waals surface area contributed by atoms with E-state index in [2.05, 4.69) is 0 Å². The van der Waals surface area contributed by atoms with E-state index in [1.807, 2.05) is 31.2 Å². The van der Waals surface area contributed by atoms with E-state index in [0.29, 0.717) is 13.0 Å². The van der Waals surface area contributed by atoms with Gasteiger partial charge in [-0.1, -0.05) is 17.7 Å². The van der Waals surface area contributed by atoms with Gasteiger partial charge in [0.15, 0.2) is 0 Å². The van der Waals surface area contributed by atoms with Crippen LogP contribution in [-0.2, 0) is 9.59 Å². The summed E-state index contributed by atoms with van der Waals surface area (Å²) in [6, 6.07) is 7.52. The molecule has 1 amide bonds. The fourth-order valence-corrected chi connectivity index (χ4v) is 1.89. The molecule has 16 heavy (non-hydrogen) atoms. The van der Waals surface area contributed by atoms with Crippen LogP contribution >= 0.6 is 0 Å². The van der Waals surface area contributed by atoms with Gasteiger partial charge in [0.2, 0.25) is 5.91 Å². The molecule has 1 aliphatic heterocycles. The monoisotopic (exact) mass is 219 g/mol. The molecule has 4 nitrogen and oxygen atoms in total. The van der Waals surface area contributed by atoms with Gasteiger partial charge in [-0.05, 0) is 25.5 Å². The van der Waals surface area contributed by atoms with Crippen LogP contribution in [0.4, 0.5) is 5.69 Å². The molecule has 2 rings (SSSR count). The quantitative estimate of drug-likeness (QED) is 0.765. The second-order valence-corrected chi connectivity index (χ2v) is 4.00. The number of benzene rings is 1. The molecule has 4 heteroatoms. The summed E-state index contributed by atoms with van der Waals surface area (Å²) >= 11 is 0. The van der Waals surface area contributed by atoms with Crippen LogP contribution in [0.1, 0.15) is 12.0 Å². The molecule has 0 radical (unpaired) electrons. The number of aliphatic carboxylic acids is 1. The molecule has 0 aliphatic carbocycles. The van der Waals surface area contributed by atoms with Gasteiger partial charge < -0.3 is 10.0 Å². The number of anilines is 1. The van der Waals surface area contributed by atoms with Crippen LogP contribution in [0.2, 0.25) is 0 Å². The topological polar surface area (TPSA) is 57.6 Å². The third-order valence-electron chi connectivity index (χ3n) is 2.85. The zero-order chi connectivity index (χ0) is 11.7. The Labute approximate surface area is 93.5 Å². The van der Waals surface area contributed by atoms with Gasteiger partial charge in [-0.3, -0.25) is 9.59 Å². The average molecular weight is 219 g/mol. The van der Waals surface area contributed by atoms with Gasteiger partial charge >= 0.3 is 5.97 Å². The maximum atomic E-state index is 11.8. The summed E-state index contributed by atoms with van der Waals surface area (Å²) in [5.74, 6) is -2.21. The molecule has 84 valence electrons. The zero-order valence-corrected chi connectivity index (χ0v) is 9.01. The number of carboxylic acid groups (broad SMARTS) is 1. The molecule has 1 N–H and O–H groups in total. The first-order valence-corrected chi connectivity index (χ1v) is 5.20. The molecule has 1 atom stereocenters. The van der Waals surface area contributed by atoms with Gasteiger partial charge in [0.05, 0.1) is 0 Å². The van der Waals surface area contributed by atoms with Crippen LogP contribution in [0, 0.1) is 12.8 Å². The van der Waals surface area contributed by atoms with Crippen LogP contribution in [-0.4, -0.2) is 23.5 Å². The SMILES string of the molecule is Cc1ccc(N2CC[C@@H](C(=O)O)C2=O)cc1. The molecule has 0 aromatic heterocycles. The molecule has 1 heterocycles. The molecule has 1 saturated heterocycles. The van der Waals surface area contributed by atoms with Gasteiger partial charge in [0.25, 0.3) is 0 Å². The molecular weight excluding hydrogens is 206 g/mol. The van der Waals surface area contributed by atoms with Crippen molar-refractivity contribution in [3.8, 4) is 0 Å². The molecule has 0 saturated carbocycles. The molecule has 1 aromatic rings. The Kier molecular flexibility index (Phi) is 2.64. The van der Waals surface area contributed by atoms with E-state index in [4.69, 9.17) is 5.11 Å². The van der Waals surface area contributed by atoms with Gasteiger partial charge in [-0.15, -0.1) is 0 Å². The minimum atomic E-state index is -1.03. The van der Waals surface area contributed by atoms with Gasteiger partial charge in [0.1, 0.15) is 5.92 Å². The van der Waals surface area contributed by atoms with E-state index in [-0.39, 0.29) is 5.91 Å². The van der Waals surface area contributed by atoms with Crippen LogP contribution in [0.5, 0.6) is 0 Å². The maximum Gasteiger partial charge on any atom is 0.316 e. The van der Waals surface area contributed by atoms with E-state index in [1.54, 1.807) is 0 Å². The van der Waals surface area contributed by atoms with Crippen LogP contribution < -0.4 is 4.90 Å². The van der Waals surface area contributed by atoms with Crippen molar-refractivity contribution in [1.82, 2.24) is 0 Å². The predicted molar refractivity (Wildman–Crippen MR) is 59.3 cm³/mol. The highest BCUT2D eigenvalue weighted by atomic mass is 16.4. The smallest absolute Gasteiger partial charge is 0.316 e. The first-order valence-electron chi connectivity index (χ1n) is 5.20. The largest absolute Gasteiger partial charge is 0.481 e. The summed E-state index contributed by atoms with van der Waals surface area (Å²) in [4.78, 5) is 24.1. The summed E-state index contributed by atoms with van der Waals surface area (Å²) in [6.45, 7) is 2.45. The van der Waals surface area contributed by atoms with Crippen molar-refractivity contribution in [3.63, 3.8) is 0 Å². The summed E-state index contributed by atoms with van der Waals surface area (Å²) in [5, 5.41) is 8.84. The Morgan fingerprint density at radius 1 is 1.38 bits per heavy atom. The molecule has 0 unspecified atom stereocenters. The Morgan fingerprint density at radius 2 is 2.00 bits per heavy atom. The highest BCUT2D eigenvalue weighted by molar-refractivity contribution is 6.07. The zero-order valence-electron chi connectivity index (χ0n) is 9.01. The predicted octanol–water partition coefficient (Wildman–Crippen LogP) is 1.43. The van der Waals surface area contributed by atoms with Gasteiger partial charge in [-0.25, -0.2) is 0 Å². The van der Waals surface area contributed by atoms with E-state index in [9.17, 15) is 9.59 Å². The number of nitrogens with zero attached hydrogens (tertiary/aromatic N) is 1. The number of rotatable bonds is 2. The van der Waals surface area contributed by atoms with E-state index < -0.39 is 11.9 Å². The standard InChI is InChI=1S/C12H13NO3/c1-8-2-4-9(5-3-8)13-7-6-10(11(13)14)12(15)16/h2-5,10H,6-7H2,1H3,(H,15,16)/t10-/m1/s1. The van der Waals surface area contributed by atoms with Crippen molar-refractivity contribution in [3.05, 3.63) is 29.8 Å². The number of carboxylic acids is 1. The van der Waals surface area contributed by atoms with Crippen molar-refractivity contribution in [2.75, 3.05) is 11.4 Å². The molecule has 1 aromatic carbocycles. The van der Waals surface area contributed by atoms with Crippen LogP contribution in [0.15, 0.2) is 24.3 Å². The van der Waals surface area contributed by atoms with E-state index >= 15 is 0 Å². The number of carbonyl (C=O) groups is 2. The summed E-state index contributed by atoms with van der Waals surface area (Å²) in [7, 11) is 0. The van der Waals surface area contributed by atoms with Gasteiger partial charge in [-0.2, -0.15) is 0 Å². The van der Waals surface area contributed by atoms with Crippen molar-refractivity contribution in [2.24, 2.45) is 5.92 Å². The molecule has 0 bridgehead atoms. The lowest BCUT2D eigenvalue weighted by molar-refractivity contribution is -0.144. The molecule has 1 aliphatic rings. The molecule has 1 fully saturated rings. The first-order chi connectivity index (χ1) is 7.59. The highest BCUT2D eigenvalue weighted by Crippen LogP contribution is 2.25. The fourth-order valence-electron chi connectivity index (χ4n) is 1.89. The van der Waals surface area contributed by atoms with Crippen molar-refractivity contribution < 1.29 is 14.7 Å². The first kappa shape index (κ1) is 10.7. The Balaban J connectivity index is 2.21. The van der Waals surface area contributed by atoms with Crippen molar-refractivity contribution in [1.29, 1.82) is 0 Å². The number of amides is 1. The highest BCUT2D eigenvalue weighted by Gasteiger charge is 2.37. The Bertz CT molecular complexity index is 424. The Morgan fingerprint density at radius 3 is 2.50 bits per heavy atom. The summed E-state index contributed by atoms with van der Waals surface area (Å²) < 4.78 is 0. The summed E-state index contributed by atoms with van der Waals surface area (Å²) in [6.07, 6.45) is 0.391. The maximum absolute atomic E-state index is 11.8. The van der Waals surface area contributed by atoms with Gasteiger partial charge in [0, 0.05) is 12.2 Å².